The first kappa shape index (κ1) is 22.0. The molecule has 0 atom stereocenters. The van der Waals surface area contributed by atoms with Gasteiger partial charge in [0.05, 0.1) is 11.0 Å². The van der Waals surface area contributed by atoms with Crippen LogP contribution in [-0.2, 0) is 0 Å². The third-order valence-corrected chi connectivity index (χ3v) is 8.03. The van der Waals surface area contributed by atoms with Crippen LogP contribution in [0.1, 0.15) is 0 Å². The van der Waals surface area contributed by atoms with Gasteiger partial charge in [0.2, 0.25) is 0 Å². The van der Waals surface area contributed by atoms with E-state index < -0.39 is 0 Å². The average Bonchev–Trinajstić information content (AvgIpc) is 3.35. The maximum atomic E-state index is 2.49. The van der Waals surface area contributed by atoms with E-state index in [1.54, 1.807) is 0 Å². The van der Waals surface area contributed by atoms with Gasteiger partial charge in [0.1, 0.15) is 0 Å². The number of benzene rings is 6. The lowest BCUT2D eigenvalue weighted by atomic mass is 9.45. The van der Waals surface area contributed by atoms with Crippen molar-refractivity contribution in [1.29, 1.82) is 0 Å². The van der Waals surface area contributed by atoms with Crippen LogP contribution in [0.25, 0.3) is 38.6 Å². The maximum Gasteiger partial charge on any atom is 0.328 e. The van der Waals surface area contributed by atoms with E-state index in [0.29, 0.717) is 0 Å². The molecule has 0 bridgehead atoms. The van der Waals surface area contributed by atoms with E-state index in [-0.39, 0.29) is 6.85 Å². The molecule has 0 saturated carbocycles. The molecule has 39 heavy (non-hydrogen) atoms. The Labute approximate surface area is 228 Å². The van der Waals surface area contributed by atoms with Crippen molar-refractivity contribution >= 4 is 51.0 Å². The molecule has 2 heterocycles. The van der Waals surface area contributed by atoms with E-state index >= 15 is 0 Å². The van der Waals surface area contributed by atoms with Gasteiger partial charge >= 0.3 is 6.85 Å². The molecule has 182 valence electrons. The standard InChI is InChI=1S/C36H25BN2/c1-3-13-26(14-4-1)37-33-24-23-28(38-34-20-10-7-17-29(34)30-18-8-11-21-35(30)38)25-32(33)31-19-9-12-22-36(31)39(37)27-15-5-2-6-16-27/h1-25H. The second-order valence-electron chi connectivity index (χ2n) is 10.2. The smallest absolute Gasteiger partial charge is 0.328 e. The van der Waals surface area contributed by atoms with Gasteiger partial charge in [-0.1, -0.05) is 115 Å². The number of nitrogens with zero attached hydrogens (tertiary/aromatic N) is 2. The Hall–Kier alpha value is -5.02. The van der Waals surface area contributed by atoms with E-state index in [1.807, 2.05) is 0 Å². The number of aromatic nitrogens is 1. The van der Waals surface area contributed by atoms with E-state index in [9.17, 15) is 0 Å². The zero-order valence-electron chi connectivity index (χ0n) is 21.4. The molecule has 1 aliphatic rings. The highest BCUT2D eigenvalue weighted by molar-refractivity contribution is 6.90. The average molecular weight is 496 g/mol. The van der Waals surface area contributed by atoms with Gasteiger partial charge in [-0.05, 0) is 53.5 Å². The molecule has 0 radical (unpaired) electrons. The van der Waals surface area contributed by atoms with Crippen LogP contribution in [0.5, 0.6) is 0 Å². The molecule has 0 unspecified atom stereocenters. The summed E-state index contributed by atoms with van der Waals surface area (Å²) < 4.78 is 2.41. The minimum Gasteiger partial charge on any atom is -0.376 e. The van der Waals surface area contributed by atoms with Crippen LogP contribution in [0.4, 0.5) is 11.4 Å². The Morgan fingerprint density at radius 2 is 1.03 bits per heavy atom. The van der Waals surface area contributed by atoms with Crippen molar-refractivity contribution in [3.05, 3.63) is 152 Å². The molecule has 3 heteroatoms. The van der Waals surface area contributed by atoms with Crippen LogP contribution in [0.15, 0.2) is 152 Å². The topological polar surface area (TPSA) is 8.17 Å². The Kier molecular flexibility index (Phi) is 4.96. The monoisotopic (exact) mass is 496 g/mol. The van der Waals surface area contributed by atoms with Crippen molar-refractivity contribution in [1.82, 2.24) is 4.57 Å². The number of fused-ring (bicyclic) bond motifs is 6. The lowest BCUT2D eigenvalue weighted by Gasteiger charge is -2.39. The van der Waals surface area contributed by atoms with Gasteiger partial charge in [0, 0.05) is 33.4 Å². The van der Waals surface area contributed by atoms with Crippen molar-refractivity contribution in [2.45, 2.75) is 0 Å². The Bertz CT molecular complexity index is 1920. The van der Waals surface area contributed by atoms with Gasteiger partial charge in [0.15, 0.2) is 0 Å². The van der Waals surface area contributed by atoms with E-state index in [1.165, 1.54) is 60.9 Å². The van der Waals surface area contributed by atoms with E-state index in [4.69, 9.17) is 0 Å². The van der Waals surface area contributed by atoms with Crippen molar-refractivity contribution in [2.24, 2.45) is 0 Å². The van der Waals surface area contributed by atoms with Gasteiger partial charge in [0.25, 0.3) is 0 Å². The second kappa shape index (κ2) is 8.78. The SMILES string of the molecule is c1ccc(B2c3ccc(-n4c5ccccc5c5ccccc54)cc3-c3ccccc3N2c2ccccc2)cc1. The summed E-state index contributed by atoms with van der Waals surface area (Å²) in [6, 6.07) is 54.9. The molecule has 0 spiro atoms. The quantitative estimate of drug-likeness (QED) is 0.228. The van der Waals surface area contributed by atoms with Gasteiger partial charge in [-0.2, -0.15) is 0 Å². The molecule has 6 aromatic carbocycles. The highest BCUT2D eigenvalue weighted by Crippen LogP contribution is 2.41. The molecule has 8 rings (SSSR count). The fourth-order valence-corrected chi connectivity index (χ4v) is 6.39. The predicted octanol–water partition coefficient (Wildman–Crippen LogP) is 7.71. The Balaban J connectivity index is 1.42. The first-order valence-electron chi connectivity index (χ1n) is 13.5. The lowest BCUT2D eigenvalue weighted by molar-refractivity contribution is 1.18. The van der Waals surface area contributed by atoms with Gasteiger partial charge in [-0.3, -0.25) is 0 Å². The third-order valence-electron chi connectivity index (χ3n) is 8.03. The van der Waals surface area contributed by atoms with Crippen LogP contribution >= 0.6 is 0 Å². The number of hydrogen-bond acceptors (Lipinski definition) is 1. The van der Waals surface area contributed by atoms with Crippen molar-refractivity contribution in [2.75, 3.05) is 4.81 Å². The molecule has 1 aliphatic heterocycles. The number of anilines is 2. The predicted molar refractivity (Wildman–Crippen MR) is 166 cm³/mol. The first-order valence-corrected chi connectivity index (χ1v) is 13.5. The van der Waals surface area contributed by atoms with Crippen molar-refractivity contribution < 1.29 is 0 Å². The van der Waals surface area contributed by atoms with Crippen molar-refractivity contribution in [3.8, 4) is 16.8 Å². The summed E-state index contributed by atoms with van der Waals surface area (Å²) in [7, 11) is 0. The summed E-state index contributed by atoms with van der Waals surface area (Å²) in [5.74, 6) is 0. The number of rotatable bonds is 3. The zero-order chi connectivity index (χ0) is 25.8. The highest BCUT2D eigenvalue weighted by Gasteiger charge is 2.37. The van der Waals surface area contributed by atoms with Crippen LogP contribution in [-0.4, -0.2) is 11.4 Å². The lowest BCUT2D eigenvalue weighted by Crippen LogP contribution is -2.57. The summed E-state index contributed by atoms with van der Waals surface area (Å²) in [5.41, 5.74) is 11.2. The molecule has 0 N–H and O–H groups in total. The number of hydrogen-bond donors (Lipinski definition) is 0. The highest BCUT2D eigenvalue weighted by atomic mass is 15.1. The summed E-state index contributed by atoms with van der Waals surface area (Å²) >= 11 is 0. The van der Waals surface area contributed by atoms with Gasteiger partial charge < -0.3 is 9.38 Å². The summed E-state index contributed by atoms with van der Waals surface area (Å²) in [6.45, 7) is 0.0608. The molecule has 1 aromatic heterocycles. The summed E-state index contributed by atoms with van der Waals surface area (Å²) in [4.78, 5) is 2.49. The Morgan fingerprint density at radius 3 is 1.74 bits per heavy atom. The zero-order valence-corrected chi connectivity index (χ0v) is 21.4. The van der Waals surface area contributed by atoms with Gasteiger partial charge in [-0.25, -0.2) is 0 Å². The van der Waals surface area contributed by atoms with E-state index in [2.05, 4.69) is 161 Å². The number of para-hydroxylation sites is 4. The molecule has 0 fully saturated rings. The molecule has 0 amide bonds. The molecule has 0 saturated heterocycles. The molecule has 0 aliphatic carbocycles. The Morgan fingerprint density at radius 1 is 0.436 bits per heavy atom. The molecule has 2 nitrogen and oxygen atoms in total. The van der Waals surface area contributed by atoms with Crippen LogP contribution < -0.4 is 15.7 Å². The molecular formula is C36H25BN2. The maximum absolute atomic E-state index is 2.49. The van der Waals surface area contributed by atoms with Crippen molar-refractivity contribution in [3.63, 3.8) is 0 Å². The first-order chi connectivity index (χ1) is 19.4. The van der Waals surface area contributed by atoms with Gasteiger partial charge in [-0.15, -0.1) is 0 Å². The normalized spacial score (nSPS) is 12.5. The molecule has 7 aromatic rings. The van der Waals surface area contributed by atoms with Crippen LogP contribution in [0.2, 0.25) is 0 Å². The van der Waals surface area contributed by atoms with Crippen LogP contribution in [0, 0.1) is 0 Å². The second-order valence-corrected chi connectivity index (χ2v) is 10.2. The minimum atomic E-state index is 0.0608. The fourth-order valence-electron chi connectivity index (χ4n) is 6.39. The fraction of sp³-hybridized carbons (Fsp3) is 0. The van der Waals surface area contributed by atoms with E-state index in [0.717, 1.165) is 0 Å². The molecular weight excluding hydrogens is 471 g/mol. The third kappa shape index (κ3) is 3.37. The van der Waals surface area contributed by atoms with Crippen LogP contribution in [0.3, 0.4) is 0 Å². The summed E-state index contributed by atoms with van der Waals surface area (Å²) in [5, 5.41) is 2.56. The largest absolute Gasteiger partial charge is 0.376 e. The minimum absolute atomic E-state index is 0.0608. The summed E-state index contributed by atoms with van der Waals surface area (Å²) in [6.07, 6.45) is 0.